The highest BCUT2D eigenvalue weighted by Crippen LogP contribution is 2.36. The van der Waals surface area contributed by atoms with Crippen LogP contribution in [0.4, 0.5) is 11.4 Å². The van der Waals surface area contributed by atoms with Gasteiger partial charge in [-0.15, -0.1) is 0 Å². The summed E-state index contributed by atoms with van der Waals surface area (Å²) in [6.45, 7) is 2.51. The highest BCUT2D eigenvalue weighted by atomic mass is 32.2. The van der Waals surface area contributed by atoms with Crippen molar-refractivity contribution in [2.75, 3.05) is 11.4 Å². The molecule has 3 rings (SSSR count). The van der Waals surface area contributed by atoms with Crippen LogP contribution >= 0.6 is 0 Å². The molecule has 0 unspecified atom stereocenters. The molecule has 4 nitrogen and oxygen atoms in total. The summed E-state index contributed by atoms with van der Waals surface area (Å²) in [7, 11) is -4.36. The van der Waals surface area contributed by atoms with Crippen molar-refractivity contribution >= 4 is 32.3 Å². The monoisotopic (exact) mass is 327 g/mol. The van der Waals surface area contributed by atoms with Gasteiger partial charge in [0.25, 0.3) is 10.1 Å². The van der Waals surface area contributed by atoms with E-state index in [0.717, 1.165) is 11.1 Å². The first-order chi connectivity index (χ1) is 11.0. The minimum absolute atomic E-state index is 0.0543. The summed E-state index contributed by atoms with van der Waals surface area (Å²) in [4.78, 5) is 1.82. The van der Waals surface area contributed by atoms with Gasteiger partial charge in [-0.05, 0) is 30.5 Å². The summed E-state index contributed by atoms with van der Waals surface area (Å²) in [5, 5.41) is 1.29. The summed E-state index contributed by atoms with van der Waals surface area (Å²) < 4.78 is 33.9. The van der Waals surface area contributed by atoms with Gasteiger partial charge in [-0.3, -0.25) is 4.55 Å². The van der Waals surface area contributed by atoms with Crippen molar-refractivity contribution in [2.24, 2.45) is 0 Å². The van der Waals surface area contributed by atoms with Gasteiger partial charge in [-0.25, -0.2) is 0 Å². The lowest BCUT2D eigenvalue weighted by molar-refractivity contribution is 0.484. The third-order valence-corrected chi connectivity index (χ3v) is 4.74. The van der Waals surface area contributed by atoms with Crippen LogP contribution in [0.3, 0.4) is 0 Å². The van der Waals surface area contributed by atoms with Gasteiger partial charge >= 0.3 is 0 Å². The molecule has 0 aromatic heterocycles. The molecule has 0 radical (unpaired) electrons. The number of anilines is 2. The molecule has 0 spiro atoms. The minimum Gasteiger partial charge on any atom is -0.341 e. The Bertz CT molecular complexity index is 937. The second-order valence-corrected chi connectivity index (χ2v) is 6.55. The zero-order valence-corrected chi connectivity index (χ0v) is 13.5. The van der Waals surface area contributed by atoms with Crippen LogP contribution in [0.15, 0.2) is 71.6 Å². The molecule has 0 fully saturated rings. The van der Waals surface area contributed by atoms with E-state index in [1.807, 2.05) is 60.4 Å². The lowest BCUT2D eigenvalue weighted by atomic mass is 10.1. The largest absolute Gasteiger partial charge is 0.341 e. The molecule has 0 saturated heterocycles. The SMILES string of the molecule is CCN(c1ccccc1)c1ccc2ccccc2c1S(=O)(=O)O. The number of fused-ring (bicyclic) bond motifs is 1. The van der Waals surface area contributed by atoms with Gasteiger partial charge in [0.2, 0.25) is 0 Å². The Morgan fingerprint density at radius 3 is 2.22 bits per heavy atom. The van der Waals surface area contributed by atoms with Gasteiger partial charge in [0.15, 0.2) is 0 Å². The quantitative estimate of drug-likeness (QED) is 0.728. The molecular formula is C18H17NO3S. The fourth-order valence-corrected chi connectivity index (χ4v) is 3.72. The highest BCUT2D eigenvalue weighted by Gasteiger charge is 2.23. The number of benzene rings is 3. The maximum Gasteiger partial charge on any atom is 0.297 e. The van der Waals surface area contributed by atoms with Crippen LogP contribution in [0.25, 0.3) is 10.8 Å². The van der Waals surface area contributed by atoms with E-state index in [1.54, 1.807) is 18.2 Å². The molecule has 23 heavy (non-hydrogen) atoms. The average Bonchev–Trinajstić information content (AvgIpc) is 2.55. The van der Waals surface area contributed by atoms with Crippen LogP contribution < -0.4 is 4.90 Å². The number of hydrogen-bond donors (Lipinski definition) is 1. The Morgan fingerprint density at radius 2 is 1.57 bits per heavy atom. The maximum absolute atomic E-state index is 12.0. The van der Waals surface area contributed by atoms with E-state index in [0.29, 0.717) is 17.6 Å². The molecule has 0 bridgehead atoms. The Balaban J connectivity index is 2.33. The molecule has 1 N–H and O–H groups in total. The fraction of sp³-hybridized carbons (Fsp3) is 0.111. The van der Waals surface area contributed by atoms with Crippen molar-refractivity contribution in [1.82, 2.24) is 0 Å². The van der Waals surface area contributed by atoms with Crippen LogP contribution in [0, 0.1) is 0 Å². The summed E-state index contributed by atoms with van der Waals surface area (Å²) in [5.74, 6) is 0. The summed E-state index contributed by atoms with van der Waals surface area (Å²) in [5.41, 5.74) is 1.34. The van der Waals surface area contributed by atoms with E-state index >= 15 is 0 Å². The van der Waals surface area contributed by atoms with Crippen LogP contribution in [-0.2, 0) is 10.1 Å². The molecule has 0 saturated carbocycles. The van der Waals surface area contributed by atoms with Crippen LogP contribution in [0.5, 0.6) is 0 Å². The zero-order valence-electron chi connectivity index (χ0n) is 12.7. The first-order valence-corrected chi connectivity index (χ1v) is 8.78. The smallest absolute Gasteiger partial charge is 0.297 e. The fourth-order valence-electron chi connectivity index (χ4n) is 2.82. The van der Waals surface area contributed by atoms with Gasteiger partial charge in [0.1, 0.15) is 4.90 Å². The predicted molar refractivity (Wildman–Crippen MR) is 92.9 cm³/mol. The Labute approximate surface area is 135 Å². The van der Waals surface area contributed by atoms with E-state index in [1.165, 1.54) is 0 Å². The van der Waals surface area contributed by atoms with Crippen molar-refractivity contribution in [3.8, 4) is 0 Å². The van der Waals surface area contributed by atoms with Gasteiger partial charge in [-0.2, -0.15) is 8.42 Å². The Morgan fingerprint density at radius 1 is 0.913 bits per heavy atom. The van der Waals surface area contributed by atoms with Crippen molar-refractivity contribution in [3.05, 3.63) is 66.7 Å². The van der Waals surface area contributed by atoms with E-state index in [2.05, 4.69) is 0 Å². The molecule has 3 aromatic rings. The normalized spacial score (nSPS) is 11.6. The Hall–Kier alpha value is -2.37. The molecule has 0 amide bonds. The van der Waals surface area contributed by atoms with Crippen LogP contribution in [0.1, 0.15) is 6.92 Å². The molecule has 0 aliphatic heterocycles. The van der Waals surface area contributed by atoms with Crippen LogP contribution in [0.2, 0.25) is 0 Å². The maximum atomic E-state index is 12.0. The van der Waals surface area contributed by atoms with Crippen molar-refractivity contribution in [1.29, 1.82) is 0 Å². The average molecular weight is 327 g/mol. The van der Waals surface area contributed by atoms with Crippen molar-refractivity contribution < 1.29 is 13.0 Å². The Kier molecular flexibility index (Phi) is 4.07. The van der Waals surface area contributed by atoms with E-state index in [4.69, 9.17) is 0 Å². The number of para-hydroxylation sites is 1. The van der Waals surface area contributed by atoms with E-state index in [-0.39, 0.29) is 4.90 Å². The van der Waals surface area contributed by atoms with Gasteiger partial charge < -0.3 is 4.90 Å². The summed E-state index contributed by atoms with van der Waals surface area (Å²) >= 11 is 0. The molecule has 0 atom stereocenters. The topological polar surface area (TPSA) is 57.6 Å². The second kappa shape index (κ2) is 6.02. The van der Waals surface area contributed by atoms with Crippen LogP contribution in [-0.4, -0.2) is 19.5 Å². The van der Waals surface area contributed by atoms with Gasteiger partial charge in [-0.1, -0.05) is 48.5 Å². The summed E-state index contributed by atoms with van der Waals surface area (Å²) in [6, 6.07) is 20.3. The first-order valence-electron chi connectivity index (χ1n) is 7.34. The molecule has 3 aromatic carbocycles. The zero-order chi connectivity index (χ0) is 16.4. The number of rotatable bonds is 4. The van der Waals surface area contributed by atoms with Crippen molar-refractivity contribution in [2.45, 2.75) is 11.8 Å². The first kappa shape index (κ1) is 15.5. The lowest BCUT2D eigenvalue weighted by Crippen LogP contribution is -2.19. The van der Waals surface area contributed by atoms with Gasteiger partial charge in [0.05, 0.1) is 5.69 Å². The molecule has 118 valence electrons. The molecule has 5 heteroatoms. The predicted octanol–water partition coefficient (Wildman–Crippen LogP) is 4.24. The van der Waals surface area contributed by atoms with Gasteiger partial charge in [0, 0.05) is 17.6 Å². The van der Waals surface area contributed by atoms with E-state index < -0.39 is 10.1 Å². The highest BCUT2D eigenvalue weighted by molar-refractivity contribution is 7.86. The second-order valence-electron chi connectivity index (χ2n) is 5.19. The third-order valence-electron chi connectivity index (χ3n) is 3.79. The lowest BCUT2D eigenvalue weighted by Gasteiger charge is -2.25. The molecule has 0 heterocycles. The number of nitrogens with zero attached hydrogens (tertiary/aromatic N) is 1. The standard InChI is InChI=1S/C18H17NO3S/c1-2-19(15-9-4-3-5-10-15)17-13-12-14-8-6-7-11-16(14)18(17)23(20,21)22/h3-13H,2H2,1H3,(H,20,21,22). The van der Waals surface area contributed by atoms with E-state index in [9.17, 15) is 13.0 Å². The summed E-state index contributed by atoms with van der Waals surface area (Å²) in [6.07, 6.45) is 0. The number of hydrogen-bond acceptors (Lipinski definition) is 3. The minimum atomic E-state index is -4.36. The third kappa shape index (κ3) is 2.93. The van der Waals surface area contributed by atoms with Crippen molar-refractivity contribution in [3.63, 3.8) is 0 Å². The molecule has 0 aliphatic carbocycles. The molecular weight excluding hydrogens is 310 g/mol. The molecule has 0 aliphatic rings.